The van der Waals surface area contributed by atoms with Gasteiger partial charge in [0, 0.05) is 17.5 Å². The molecule has 0 saturated carbocycles. The number of Topliss-reactive ketones (excluding diaryl/α,β-unsaturated/α-hetero) is 1. The number of rotatable bonds is 3. The van der Waals surface area contributed by atoms with Crippen LogP contribution in [0.25, 0.3) is 0 Å². The van der Waals surface area contributed by atoms with Gasteiger partial charge in [-0.25, -0.2) is 8.42 Å². The van der Waals surface area contributed by atoms with Gasteiger partial charge in [0.15, 0.2) is 0 Å². The van der Waals surface area contributed by atoms with E-state index in [-0.39, 0.29) is 9.80 Å². The van der Waals surface area contributed by atoms with E-state index < -0.39 is 15.6 Å². The molecule has 1 aliphatic heterocycles. The van der Waals surface area contributed by atoms with Crippen LogP contribution in [0.15, 0.2) is 88.8 Å². The molecule has 4 rings (SSSR count). The van der Waals surface area contributed by atoms with E-state index in [0.29, 0.717) is 11.3 Å². The number of carbonyl (C=O) groups excluding carboxylic acids is 1. The molecule has 28 heavy (non-hydrogen) atoms. The van der Waals surface area contributed by atoms with Crippen LogP contribution in [0.5, 0.6) is 0 Å². The molecule has 5 heteroatoms. The Kier molecular flexibility index (Phi) is 4.40. The molecule has 0 spiro atoms. The van der Waals surface area contributed by atoms with Crippen LogP contribution in [0.3, 0.4) is 0 Å². The third-order valence-corrected chi connectivity index (χ3v) is 6.63. The quantitative estimate of drug-likeness (QED) is 0.595. The Labute approximate surface area is 164 Å². The van der Waals surface area contributed by atoms with Crippen molar-refractivity contribution in [2.24, 2.45) is 0 Å². The van der Waals surface area contributed by atoms with Crippen molar-refractivity contribution in [3.8, 4) is 0 Å². The Balaban J connectivity index is 1.93. The van der Waals surface area contributed by atoms with E-state index in [2.05, 4.69) is 0 Å². The van der Waals surface area contributed by atoms with E-state index in [1.165, 1.54) is 6.20 Å². The second kappa shape index (κ2) is 6.77. The van der Waals surface area contributed by atoms with E-state index in [9.17, 15) is 13.2 Å². The van der Waals surface area contributed by atoms with Crippen LogP contribution in [0.1, 0.15) is 21.5 Å². The molecular formula is C23H19NO3S. The summed E-state index contributed by atoms with van der Waals surface area (Å²) in [6.45, 7) is 3.75. The molecule has 0 bridgehead atoms. The summed E-state index contributed by atoms with van der Waals surface area (Å²) in [7, 11) is -3.93. The average molecular weight is 389 g/mol. The second-order valence-electron chi connectivity index (χ2n) is 6.82. The predicted octanol–water partition coefficient (Wildman–Crippen LogP) is 4.95. The molecule has 3 aromatic rings. The maximum absolute atomic E-state index is 13.3. The summed E-state index contributed by atoms with van der Waals surface area (Å²) in [6.07, 6.45) is 1.44. The Morgan fingerprint density at radius 3 is 2.25 bits per heavy atom. The summed E-state index contributed by atoms with van der Waals surface area (Å²) in [5.41, 5.74) is 3.49. The highest BCUT2D eigenvalue weighted by atomic mass is 32.2. The van der Waals surface area contributed by atoms with Gasteiger partial charge >= 0.3 is 0 Å². The van der Waals surface area contributed by atoms with E-state index in [4.69, 9.17) is 0 Å². The molecule has 140 valence electrons. The van der Waals surface area contributed by atoms with Crippen LogP contribution < -0.4 is 4.90 Å². The van der Waals surface area contributed by atoms with Crippen molar-refractivity contribution in [3.63, 3.8) is 0 Å². The molecule has 0 atom stereocenters. The van der Waals surface area contributed by atoms with Gasteiger partial charge in [-0.15, -0.1) is 0 Å². The van der Waals surface area contributed by atoms with Gasteiger partial charge in [0.25, 0.3) is 0 Å². The number of aryl methyl sites for hydroxylation is 2. The van der Waals surface area contributed by atoms with E-state index in [1.54, 1.807) is 35.2 Å². The van der Waals surface area contributed by atoms with Crippen LogP contribution in [0.2, 0.25) is 0 Å². The van der Waals surface area contributed by atoms with Gasteiger partial charge in [-0.2, -0.15) is 0 Å². The first-order chi connectivity index (χ1) is 13.4. The molecule has 0 radical (unpaired) electrons. The van der Waals surface area contributed by atoms with Crippen LogP contribution >= 0.6 is 0 Å². The van der Waals surface area contributed by atoms with Crippen molar-refractivity contribution in [1.82, 2.24) is 0 Å². The van der Waals surface area contributed by atoms with Crippen LogP contribution in [0.4, 0.5) is 11.4 Å². The van der Waals surface area contributed by atoms with Crippen molar-refractivity contribution in [2.45, 2.75) is 18.7 Å². The molecule has 4 nitrogen and oxygen atoms in total. The molecular weight excluding hydrogens is 370 g/mol. The Morgan fingerprint density at radius 2 is 1.54 bits per heavy atom. The number of benzene rings is 3. The largest absolute Gasteiger partial charge is 0.314 e. The minimum absolute atomic E-state index is 0.134. The fourth-order valence-electron chi connectivity index (χ4n) is 3.44. The first-order valence-corrected chi connectivity index (χ1v) is 10.4. The standard InChI is InChI=1S/C23H19NO3S/c1-16-12-13-19(17(2)14-16)23(25)22-15-24(18-8-4-3-5-9-18)20-10-6-7-11-21(20)28(22,26)27/h3-15H,1-2H3. The first-order valence-electron chi connectivity index (χ1n) is 8.92. The molecule has 0 saturated heterocycles. The zero-order valence-electron chi connectivity index (χ0n) is 15.6. The minimum atomic E-state index is -3.93. The summed E-state index contributed by atoms with van der Waals surface area (Å²) in [6, 6.07) is 21.5. The number of sulfone groups is 1. The fourth-order valence-corrected chi connectivity index (χ4v) is 4.98. The summed E-state index contributed by atoms with van der Waals surface area (Å²) in [5, 5.41) is 0. The number of para-hydroxylation sites is 2. The van der Waals surface area contributed by atoms with Gasteiger partial charge in [0.1, 0.15) is 4.91 Å². The lowest BCUT2D eigenvalue weighted by Gasteiger charge is -2.29. The second-order valence-corrected chi connectivity index (χ2v) is 8.70. The van der Waals surface area contributed by atoms with Crippen LogP contribution in [-0.2, 0) is 9.84 Å². The van der Waals surface area contributed by atoms with Crippen LogP contribution in [0, 0.1) is 13.8 Å². The molecule has 0 aromatic heterocycles. The lowest BCUT2D eigenvalue weighted by Crippen LogP contribution is -2.26. The highest BCUT2D eigenvalue weighted by Gasteiger charge is 2.36. The number of allylic oxidation sites excluding steroid dienone is 1. The van der Waals surface area contributed by atoms with Gasteiger partial charge in [0.05, 0.1) is 10.6 Å². The Hall–Kier alpha value is -3.18. The number of fused-ring (bicyclic) bond motifs is 1. The first kappa shape index (κ1) is 18.2. The average Bonchev–Trinajstić information content (AvgIpc) is 2.68. The van der Waals surface area contributed by atoms with Crippen molar-refractivity contribution in [2.75, 3.05) is 4.90 Å². The number of ketones is 1. The number of nitrogens with zero attached hydrogens (tertiary/aromatic N) is 1. The molecule has 3 aromatic carbocycles. The third kappa shape index (κ3) is 2.94. The zero-order chi connectivity index (χ0) is 19.9. The molecule has 0 N–H and O–H groups in total. The van der Waals surface area contributed by atoms with Gasteiger partial charge in [-0.05, 0) is 43.7 Å². The molecule has 1 heterocycles. The van der Waals surface area contributed by atoms with Crippen molar-refractivity contribution in [1.29, 1.82) is 0 Å². The summed E-state index contributed by atoms with van der Waals surface area (Å²) in [4.78, 5) is 14.9. The molecule has 0 unspecified atom stereocenters. The number of anilines is 2. The lowest BCUT2D eigenvalue weighted by atomic mass is 10.0. The Morgan fingerprint density at radius 1 is 0.857 bits per heavy atom. The summed E-state index contributed by atoms with van der Waals surface area (Å²) >= 11 is 0. The van der Waals surface area contributed by atoms with Crippen molar-refractivity contribution in [3.05, 3.63) is 101 Å². The summed E-state index contributed by atoms with van der Waals surface area (Å²) in [5.74, 6) is -0.493. The van der Waals surface area contributed by atoms with Gasteiger partial charge < -0.3 is 4.90 Å². The highest BCUT2D eigenvalue weighted by Crippen LogP contribution is 2.40. The van der Waals surface area contributed by atoms with E-state index in [0.717, 1.165) is 16.8 Å². The van der Waals surface area contributed by atoms with Gasteiger partial charge in [0.2, 0.25) is 15.6 Å². The van der Waals surface area contributed by atoms with E-state index in [1.807, 2.05) is 56.3 Å². The van der Waals surface area contributed by atoms with Crippen molar-refractivity contribution < 1.29 is 13.2 Å². The monoisotopic (exact) mass is 389 g/mol. The number of hydrogen-bond acceptors (Lipinski definition) is 4. The SMILES string of the molecule is Cc1ccc(C(=O)C2=CN(c3ccccc3)c3ccccc3S2(=O)=O)c(C)c1. The minimum Gasteiger partial charge on any atom is -0.314 e. The highest BCUT2D eigenvalue weighted by molar-refractivity contribution is 7.96. The maximum atomic E-state index is 13.3. The number of hydrogen-bond donors (Lipinski definition) is 0. The third-order valence-electron chi connectivity index (χ3n) is 4.83. The maximum Gasteiger partial charge on any atom is 0.214 e. The van der Waals surface area contributed by atoms with Crippen molar-refractivity contribution >= 4 is 27.0 Å². The lowest BCUT2D eigenvalue weighted by molar-refractivity contribution is 0.104. The zero-order valence-corrected chi connectivity index (χ0v) is 16.4. The molecule has 1 aliphatic rings. The predicted molar refractivity (Wildman–Crippen MR) is 111 cm³/mol. The van der Waals surface area contributed by atoms with E-state index >= 15 is 0 Å². The van der Waals surface area contributed by atoms with Gasteiger partial charge in [-0.3, -0.25) is 4.79 Å². The Bertz CT molecular complexity index is 1210. The summed E-state index contributed by atoms with van der Waals surface area (Å²) < 4.78 is 26.5. The topological polar surface area (TPSA) is 54.5 Å². The van der Waals surface area contributed by atoms with Gasteiger partial charge in [-0.1, -0.05) is 54.1 Å². The number of carbonyl (C=O) groups is 1. The fraction of sp³-hybridized carbons (Fsp3) is 0.0870. The normalized spacial score (nSPS) is 14.9. The molecule has 0 amide bonds. The molecule has 0 fully saturated rings. The van der Waals surface area contributed by atoms with Crippen LogP contribution in [-0.4, -0.2) is 14.2 Å². The smallest absolute Gasteiger partial charge is 0.214 e. The molecule has 0 aliphatic carbocycles.